The summed E-state index contributed by atoms with van der Waals surface area (Å²) < 4.78 is 38.1. The van der Waals surface area contributed by atoms with Gasteiger partial charge in [0, 0.05) is 12.1 Å². The van der Waals surface area contributed by atoms with E-state index < -0.39 is 17.6 Å². The molecule has 2 rings (SSSR count). The number of hydrogen-bond donors (Lipinski definition) is 1. The van der Waals surface area contributed by atoms with Crippen LogP contribution in [0.5, 0.6) is 0 Å². The van der Waals surface area contributed by atoms with Gasteiger partial charge in [-0.05, 0) is 31.0 Å². The van der Waals surface area contributed by atoms with Gasteiger partial charge in [0.05, 0.1) is 18.2 Å². The van der Waals surface area contributed by atoms with Crippen molar-refractivity contribution in [3.05, 3.63) is 35.4 Å². The summed E-state index contributed by atoms with van der Waals surface area (Å²) in [6.45, 7) is 0.311. The molecule has 1 fully saturated rings. The number of rotatable bonds is 2. The van der Waals surface area contributed by atoms with Crippen LogP contribution < -0.4 is 0 Å². The van der Waals surface area contributed by atoms with Crippen LogP contribution in [0.3, 0.4) is 0 Å². The molecule has 1 aliphatic rings. The third-order valence-corrected chi connectivity index (χ3v) is 3.79. The molecule has 0 spiro atoms. The Balaban J connectivity index is 2.25. The third-order valence-electron chi connectivity index (χ3n) is 3.79. The molecule has 1 aliphatic heterocycles. The predicted octanol–water partition coefficient (Wildman–Crippen LogP) is 3.08. The zero-order chi connectivity index (χ0) is 15.5. The summed E-state index contributed by atoms with van der Waals surface area (Å²) in [5.41, 5.74) is -0.811. The molecule has 0 saturated carbocycles. The predicted molar refractivity (Wildman–Crippen MR) is 71.8 cm³/mol. The number of aliphatic hydroxyl groups is 1. The van der Waals surface area contributed by atoms with E-state index in [2.05, 4.69) is 0 Å². The molecule has 0 bridgehead atoms. The summed E-state index contributed by atoms with van der Waals surface area (Å²) in [5, 5.41) is 9.39. The van der Waals surface area contributed by atoms with Crippen molar-refractivity contribution in [2.24, 2.45) is 0 Å². The molecule has 1 aromatic carbocycles. The fraction of sp³-hybridized carbons (Fsp3) is 0.533. The first-order valence-corrected chi connectivity index (χ1v) is 7.02. The molecule has 1 N–H and O–H groups in total. The van der Waals surface area contributed by atoms with Crippen molar-refractivity contribution >= 4 is 5.91 Å². The molecule has 21 heavy (non-hydrogen) atoms. The first-order valence-electron chi connectivity index (χ1n) is 7.02. The van der Waals surface area contributed by atoms with Gasteiger partial charge in [-0.1, -0.05) is 18.9 Å². The Kier molecular flexibility index (Phi) is 4.88. The van der Waals surface area contributed by atoms with Gasteiger partial charge < -0.3 is 10.0 Å². The highest BCUT2D eigenvalue weighted by molar-refractivity contribution is 5.94. The summed E-state index contributed by atoms with van der Waals surface area (Å²) in [6, 6.07) is 4.14. The van der Waals surface area contributed by atoms with Crippen molar-refractivity contribution in [2.75, 3.05) is 13.2 Å². The summed E-state index contributed by atoms with van der Waals surface area (Å²) in [7, 11) is 0. The molecule has 3 nitrogen and oxygen atoms in total. The fourth-order valence-corrected chi connectivity index (χ4v) is 2.63. The molecule has 0 radical (unpaired) electrons. The third kappa shape index (κ3) is 3.75. The molecule has 1 atom stereocenters. The molecule has 0 aliphatic carbocycles. The van der Waals surface area contributed by atoms with Gasteiger partial charge in [-0.25, -0.2) is 0 Å². The number of alkyl halides is 3. The molecule has 1 unspecified atom stereocenters. The average molecular weight is 301 g/mol. The average Bonchev–Trinajstić information content (AvgIpc) is 2.70. The molecule has 1 aromatic rings. The number of likely N-dealkylation sites (tertiary alicyclic amines) is 1. The van der Waals surface area contributed by atoms with Gasteiger partial charge in [-0.15, -0.1) is 0 Å². The number of carbonyl (C=O) groups excluding carboxylic acids is 1. The zero-order valence-electron chi connectivity index (χ0n) is 11.6. The van der Waals surface area contributed by atoms with E-state index >= 15 is 0 Å². The summed E-state index contributed by atoms with van der Waals surface area (Å²) in [4.78, 5) is 14.0. The van der Waals surface area contributed by atoms with E-state index in [1.165, 1.54) is 17.0 Å². The lowest BCUT2D eigenvalue weighted by molar-refractivity contribution is -0.137. The molecule has 6 heteroatoms. The maximum absolute atomic E-state index is 12.7. The van der Waals surface area contributed by atoms with Crippen molar-refractivity contribution in [1.82, 2.24) is 4.90 Å². The van der Waals surface area contributed by atoms with Gasteiger partial charge in [0.25, 0.3) is 5.91 Å². The minimum Gasteiger partial charge on any atom is -0.394 e. The zero-order valence-corrected chi connectivity index (χ0v) is 11.6. The Morgan fingerprint density at radius 2 is 2.05 bits per heavy atom. The second-order valence-electron chi connectivity index (χ2n) is 5.26. The summed E-state index contributed by atoms with van der Waals surface area (Å²) in [6.07, 6.45) is -1.10. The molecular weight excluding hydrogens is 283 g/mol. The minimum atomic E-state index is -4.47. The van der Waals surface area contributed by atoms with E-state index in [4.69, 9.17) is 0 Å². The van der Waals surface area contributed by atoms with Crippen LogP contribution in [0.4, 0.5) is 13.2 Å². The topological polar surface area (TPSA) is 40.5 Å². The quantitative estimate of drug-likeness (QED) is 0.912. The van der Waals surface area contributed by atoms with E-state index in [0.717, 1.165) is 31.4 Å². The molecule has 0 aromatic heterocycles. The Labute approximate surface area is 121 Å². The van der Waals surface area contributed by atoms with Crippen molar-refractivity contribution in [2.45, 2.75) is 37.9 Å². The van der Waals surface area contributed by atoms with Crippen LogP contribution >= 0.6 is 0 Å². The maximum atomic E-state index is 12.7. The van der Waals surface area contributed by atoms with E-state index in [0.29, 0.717) is 13.0 Å². The Bertz CT molecular complexity index is 502. The van der Waals surface area contributed by atoms with Crippen molar-refractivity contribution in [3.63, 3.8) is 0 Å². The molecule has 1 saturated heterocycles. The minimum absolute atomic E-state index is 0.0187. The normalized spacial score (nSPS) is 20.2. The van der Waals surface area contributed by atoms with E-state index in [9.17, 15) is 23.1 Å². The Hall–Kier alpha value is -1.56. The number of aliphatic hydroxyl groups excluding tert-OH is 1. The standard InChI is InChI=1S/C15H18F3NO2/c16-15(17,18)12-6-4-5-11(9-12)14(21)19-8-3-1-2-7-13(19)10-20/h4-6,9,13,20H,1-3,7-8,10H2. The lowest BCUT2D eigenvalue weighted by Crippen LogP contribution is -2.42. The SMILES string of the molecule is O=C(c1cccc(C(F)(F)F)c1)N1CCCCCC1CO. The number of hydrogen-bond acceptors (Lipinski definition) is 2. The van der Waals surface area contributed by atoms with E-state index in [1.807, 2.05) is 0 Å². The number of benzene rings is 1. The number of carbonyl (C=O) groups is 1. The summed E-state index contributed by atoms with van der Waals surface area (Å²) >= 11 is 0. The fourth-order valence-electron chi connectivity index (χ4n) is 2.63. The van der Waals surface area contributed by atoms with Crippen LogP contribution in [-0.4, -0.2) is 35.1 Å². The van der Waals surface area contributed by atoms with Gasteiger partial charge >= 0.3 is 6.18 Å². The lowest BCUT2D eigenvalue weighted by atomic mass is 10.1. The summed E-state index contributed by atoms with van der Waals surface area (Å²) in [5.74, 6) is -0.443. The molecule has 1 amide bonds. The van der Waals surface area contributed by atoms with Crippen LogP contribution in [0.1, 0.15) is 41.6 Å². The molecular formula is C15H18F3NO2. The van der Waals surface area contributed by atoms with Crippen molar-refractivity contribution < 1.29 is 23.1 Å². The first-order chi connectivity index (χ1) is 9.93. The highest BCUT2D eigenvalue weighted by Gasteiger charge is 2.32. The smallest absolute Gasteiger partial charge is 0.394 e. The number of amides is 1. The van der Waals surface area contributed by atoms with Gasteiger partial charge in [-0.2, -0.15) is 13.2 Å². The van der Waals surface area contributed by atoms with Crippen LogP contribution in [0.15, 0.2) is 24.3 Å². The van der Waals surface area contributed by atoms with Crippen molar-refractivity contribution in [3.8, 4) is 0 Å². The maximum Gasteiger partial charge on any atom is 0.416 e. The highest BCUT2D eigenvalue weighted by Crippen LogP contribution is 2.30. The van der Waals surface area contributed by atoms with Crippen LogP contribution in [0.2, 0.25) is 0 Å². The monoisotopic (exact) mass is 301 g/mol. The second-order valence-corrected chi connectivity index (χ2v) is 5.26. The van der Waals surface area contributed by atoms with Crippen LogP contribution in [-0.2, 0) is 6.18 Å². The number of nitrogens with zero attached hydrogens (tertiary/aromatic N) is 1. The molecule has 1 heterocycles. The van der Waals surface area contributed by atoms with Gasteiger partial charge in [0.1, 0.15) is 0 Å². The Morgan fingerprint density at radius 1 is 1.29 bits per heavy atom. The second kappa shape index (κ2) is 6.47. The van der Waals surface area contributed by atoms with Crippen LogP contribution in [0, 0.1) is 0 Å². The van der Waals surface area contributed by atoms with E-state index in [1.54, 1.807) is 0 Å². The van der Waals surface area contributed by atoms with Crippen LogP contribution in [0.25, 0.3) is 0 Å². The highest BCUT2D eigenvalue weighted by atomic mass is 19.4. The Morgan fingerprint density at radius 3 is 2.71 bits per heavy atom. The van der Waals surface area contributed by atoms with Crippen molar-refractivity contribution in [1.29, 1.82) is 0 Å². The number of halogens is 3. The van der Waals surface area contributed by atoms with Gasteiger partial charge in [0.15, 0.2) is 0 Å². The first kappa shape index (κ1) is 15.8. The largest absolute Gasteiger partial charge is 0.416 e. The molecule has 116 valence electrons. The van der Waals surface area contributed by atoms with Gasteiger partial charge in [0.2, 0.25) is 0 Å². The lowest BCUT2D eigenvalue weighted by Gasteiger charge is -2.29. The van der Waals surface area contributed by atoms with E-state index in [-0.39, 0.29) is 18.2 Å². The van der Waals surface area contributed by atoms with Gasteiger partial charge in [-0.3, -0.25) is 4.79 Å².